The normalized spacial score (nSPS) is 16.8. The molecule has 1 saturated heterocycles. The lowest BCUT2D eigenvalue weighted by Gasteiger charge is -2.36. The van der Waals surface area contributed by atoms with E-state index in [0.717, 1.165) is 25.9 Å². The minimum absolute atomic E-state index is 0. The molecule has 1 amide bonds. The molecule has 0 spiro atoms. The number of aryl methyl sites for hydroxylation is 1. The van der Waals surface area contributed by atoms with Crippen molar-refractivity contribution in [2.45, 2.75) is 31.8 Å². The van der Waals surface area contributed by atoms with Crippen LogP contribution in [0.15, 0.2) is 29.9 Å². The van der Waals surface area contributed by atoms with E-state index < -0.39 is 5.54 Å². The Kier molecular flexibility index (Phi) is 5.61. The zero-order valence-corrected chi connectivity index (χ0v) is 14.2. The second-order valence-electron chi connectivity index (χ2n) is 5.44. The number of nitrogens with zero attached hydrogens (tertiary/aromatic N) is 2. The molecule has 1 fully saturated rings. The fourth-order valence-corrected chi connectivity index (χ4v) is 3.68. The van der Waals surface area contributed by atoms with Crippen molar-refractivity contribution >= 4 is 29.7 Å². The van der Waals surface area contributed by atoms with Crippen molar-refractivity contribution in [2.24, 2.45) is 0 Å². The first-order valence-electron chi connectivity index (χ1n) is 7.24. The van der Waals surface area contributed by atoms with Crippen LogP contribution in [0.1, 0.15) is 23.3 Å². The summed E-state index contributed by atoms with van der Waals surface area (Å²) in [6.07, 6.45) is 5.16. The summed E-state index contributed by atoms with van der Waals surface area (Å²) in [7, 11) is 0. The van der Waals surface area contributed by atoms with Gasteiger partial charge in [0.15, 0.2) is 0 Å². The number of thiophene rings is 1. The van der Waals surface area contributed by atoms with Gasteiger partial charge in [0.05, 0.1) is 6.54 Å². The predicted molar refractivity (Wildman–Crippen MR) is 90.5 cm³/mol. The highest BCUT2D eigenvalue weighted by Crippen LogP contribution is 2.27. The van der Waals surface area contributed by atoms with Gasteiger partial charge in [-0.3, -0.25) is 9.48 Å². The minimum atomic E-state index is -0.556. The maximum absolute atomic E-state index is 12.8. The van der Waals surface area contributed by atoms with Gasteiger partial charge in [-0.05, 0) is 55.9 Å². The van der Waals surface area contributed by atoms with Gasteiger partial charge in [0, 0.05) is 17.3 Å². The van der Waals surface area contributed by atoms with Crippen LogP contribution in [0, 0.1) is 6.92 Å². The Morgan fingerprint density at radius 2 is 2.27 bits per heavy atom. The van der Waals surface area contributed by atoms with E-state index >= 15 is 0 Å². The van der Waals surface area contributed by atoms with Gasteiger partial charge in [0.1, 0.15) is 5.54 Å². The molecule has 2 aromatic rings. The number of nitrogens with one attached hydrogen (secondary N) is 2. The van der Waals surface area contributed by atoms with Gasteiger partial charge in [-0.25, -0.2) is 0 Å². The summed E-state index contributed by atoms with van der Waals surface area (Å²) in [5.74, 6) is 0.0699. The predicted octanol–water partition coefficient (Wildman–Crippen LogP) is 2.07. The summed E-state index contributed by atoms with van der Waals surface area (Å²) in [5.41, 5.74) is 0.679. The number of aromatic nitrogens is 2. The van der Waals surface area contributed by atoms with Crippen LogP contribution < -0.4 is 10.6 Å². The summed E-state index contributed by atoms with van der Waals surface area (Å²) in [5, 5.41) is 12.8. The number of piperidine rings is 1. The fourth-order valence-electron chi connectivity index (χ4n) is 2.83. The second-order valence-corrected chi connectivity index (χ2v) is 6.44. The molecule has 5 nitrogen and oxygen atoms in total. The number of hydrogen-bond acceptors (Lipinski definition) is 4. The zero-order valence-electron chi connectivity index (χ0n) is 12.5. The SMILES string of the molecule is Cc1ccsc1CNC(=O)C1(n2cccn2)CCNCC1.Cl. The standard InChI is InChI=1S/C15H20N4OS.ClH/c1-12-3-10-21-13(12)11-17-14(20)15(4-7-16-8-5-15)19-9-2-6-18-19;/h2-3,6,9-10,16H,4-5,7-8,11H2,1H3,(H,17,20);1H. The van der Waals surface area contributed by atoms with Crippen LogP contribution in [0.5, 0.6) is 0 Å². The lowest BCUT2D eigenvalue weighted by molar-refractivity contribution is -0.132. The summed E-state index contributed by atoms with van der Waals surface area (Å²) < 4.78 is 1.82. The molecule has 3 heterocycles. The van der Waals surface area contributed by atoms with E-state index in [1.54, 1.807) is 17.5 Å². The molecule has 0 saturated carbocycles. The highest BCUT2D eigenvalue weighted by Gasteiger charge is 2.41. The van der Waals surface area contributed by atoms with Crippen LogP contribution in [0.3, 0.4) is 0 Å². The lowest BCUT2D eigenvalue weighted by Crippen LogP contribution is -2.54. The van der Waals surface area contributed by atoms with Crippen LogP contribution in [-0.2, 0) is 16.9 Å². The molecule has 1 aliphatic rings. The Morgan fingerprint density at radius 3 is 2.86 bits per heavy atom. The van der Waals surface area contributed by atoms with E-state index in [1.165, 1.54) is 10.4 Å². The third-order valence-electron chi connectivity index (χ3n) is 4.17. The third-order valence-corrected chi connectivity index (χ3v) is 5.20. The van der Waals surface area contributed by atoms with Crippen molar-refractivity contribution in [3.05, 3.63) is 40.3 Å². The summed E-state index contributed by atoms with van der Waals surface area (Å²) in [6, 6.07) is 3.96. The number of carbonyl (C=O) groups excluding carboxylic acids is 1. The number of rotatable bonds is 4. The average molecular weight is 341 g/mol. The Morgan fingerprint density at radius 1 is 1.50 bits per heavy atom. The smallest absolute Gasteiger partial charge is 0.248 e. The zero-order chi connectivity index (χ0) is 14.7. The van der Waals surface area contributed by atoms with Crippen molar-refractivity contribution in [3.63, 3.8) is 0 Å². The van der Waals surface area contributed by atoms with Gasteiger partial charge in [0.25, 0.3) is 0 Å². The second kappa shape index (κ2) is 7.26. The highest BCUT2D eigenvalue weighted by atomic mass is 35.5. The molecule has 0 aliphatic carbocycles. The molecule has 120 valence electrons. The molecule has 3 rings (SSSR count). The Bertz CT molecular complexity index is 605. The quantitative estimate of drug-likeness (QED) is 0.895. The molecule has 0 aromatic carbocycles. The topological polar surface area (TPSA) is 59.0 Å². The van der Waals surface area contributed by atoms with Crippen LogP contribution >= 0.6 is 23.7 Å². The van der Waals surface area contributed by atoms with E-state index in [2.05, 4.69) is 34.1 Å². The van der Waals surface area contributed by atoms with Gasteiger partial charge in [-0.1, -0.05) is 0 Å². The van der Waals surface area contributed by atoms with Crippen molar-refractivity contribution in [3.8, 4) is 0 Å². The first-order valence-corrected chi connectivity index (χ1v) is 8.12. The van der Waals surface area contributed by atoms with Crippen LogP contribution in [0.25, 0.3) is 0 Å². The van der Waals surface area contributed by atoms with Gasteiger partial charge in [-0.2, -0.15) is 5.10 Å². The first kappa shape index (κ1) is 17.0. The lowest BCUT2D eigenvalue weighted by atomic mass is 9.87. The number of amides is 1. The van der Waals surface area contributed by atoms with E-state index in [9.17, 15) is 4.79 Å². The summed E-state index contributed by atoms with van der Waals surface area (Å²) in [6.45, 7) is 4.35. The number of hydrogen-bond donors (Lipinski definition) is 2. The van der Waals surface area contributed by atoms with Gasteiger partial charge in [-0.15, -0.1) is 23.7 Å². The van der Waals surface area contributed by atoms with Gasteiger partial charge in [0.2, 0.25) is 5.91 Å². The molecule has 0 bridgehead atoms. The van der Waals surface area contributed by atoms with Crippen molar-refractivity contribution in [1.29, 1.82) is 0 Å². The van der Waals surface area contributed by atoms with Crippen LogP contribution in [0.4, 0.5) is 0 Å². The summed E-state index contributed by atoms with van der Waals surface area (Å²) >= 11 is 1.69. The highest BCUT2D eigenvalue weighted by molar-refractivity contribution is 7.10. The minimum Gasteiger partial charge on any atom is -0.349 e. The third kappa shape index (κ3) is 3.19. The first-order chi connectivity index (χ1) is 10.2. The maximum atomic E-state index is 12.8. The summed E-state index contributed by atoms with van der Waals surface area (Å²) in [4.78, 5) is 14.0. The van der Waals surface area contributed by atoms with E-state index in [1.807, 2.05) is 16.9 Å². The molecule has 0 radical (unpaired) electrons. The van der Waals surface area contributed by atoms with Gasteiger partial charge >= 0.3 is 0 Å². The van der Waals surface area contributed by atoms with Gasteiger partial charge < -0.3 is 10.6 Å². The van der Waals surface area contributed by atoms with E-state index in [-0.39, 0.29) is 18.3 Å². The van der Waals surface area contributed by atoms with Crippen molar-refractivity contribution in [2.75, 3.05) is 13.1 Å². The Hall–Kier alpha value is -1.37. The molecular formula is C15H21ClN4OS. The molecule has 7 heteroatoms. The van der Waals surface area contributed by atoms with Crippen molar-refractivity contribution in [1.82, 2.24) is 20.4 Å². The molecule has 0 atom stereocenters. The average Bonchev–Trinajstić information content (AvgIpc) is 3.17. The molecule has 1 aliphatic heterocycles. The van der Waals surface area contributed by atoms with Crippen LogP contribution in [0.2, 0.25) is 0 Å². The monoisotopic (exact) mass is 340 g/mol. The van der Waals surface area contributed by atoms with Crippen molar-refractivity contribution < 1.29 is 4.79 Å². The molecule has 0 unspecified atom stereocenters. The molecule has 22 heavy (non-hydrogen) atoms. The Labute approximate surface area is 140 Å². The number of carbonyl (C=O) groups is 1. The fraction of sp³-hybridized carbons (Fsp3) is 0.467. The molecular weight excluding hydrogens is 320 g/mol. The number of halogens is 1. The van der Waals surface area contributed by atoms with E-state index in [0.29, 0.717) is 6.54 Å². The largest absolute Gasteiger partial charge is 0.349 e. The maximum Gasteiger partial charge on any atom is 0.248 e. The van der Waals surface area contributed by atoms with Crippen LogP contribution in [-0.4, -0.2) is 28.8 Å². The molecule has 2 N–H and O–H groups in total. The van der Waals surface area contributed by atoms with E-state index in [4.69, 9.17) is 0 Å². The molecule has 2 aromatic heterocycles. The Balaban J connectivity index is 0.00000176.